The van der Waals surface area contributed by atoms with Gasteiger partial charge in [0.2, 0.25) is 0 Å². The zero-order valence-electron chi connectivity index (χ0n) is 17.0. The Labute approximate surface area is 182 Å². The summed E-state index contributed by atoms with van der Waals surface area (Å²) in [6.45, 7) is 0.473. The van der Waals surface area contributed by atoms with Crippen LogP contribution >= 0.6 is 0 Å². The van der Waals surface area contributed by atoms with Crippen molar-refractivity contribution in [2.75, 3.05) is 0 Å². The molecule has 0 N–H and O–H groups in total. The van der Waals surface area contributed by atoms with E-state index in [0.29, 0.717) is 10.1 Å². The van der Waals surface area contributed by atoms with Gasteiger partial charge < -0.3 is 0 Å². The summed E-state index contributed by atoms with van der Waals surface area (Å²) in [5.74, 6) is -0.651. The summed E-state index contributed by atoms with van der Waals surface area (Å²) >= 11 is 0. The number of carbonyl (C=O) groups excluding carboxylic acids is 1. The second-order valence-electron chi connectivity index (χ2n) is 7.29. The Morgan fingerprint density at radius 3 is 1.58 bits per heavy atom. The van der Waals surface area contributed by atoms with Crippen molar-refractivity contribution in [1.82, 2.24) is 9.13 Å². The summed E-state index contributed by atoms with van der Waals surface area (Å²) in [4.78, 5) is 37.4. The van der Waals surface area contributed by atoms with Gasteiger partial charge in [0.1, 0.15) is 0 Å². The zero-order chi connectivity index (χ0) is 24.6. The molecule has 1 aromatic heterocycles. The van der Waals surface area contributed by atoms with Gasteiger partial charge in [0.05, 0.1) is 29.8 Å². The van der Waals surface area contributed by atoms with Crippen LogP contribution in [-0.4, -0.2) is 14.9 Å². The molecule has 0 fully saturated rings. The Morgan fingerprint density at radius 2 is 1.18 bits per heavy atom. The maximum Gasteiger partial charge on any atom is 0.416 e. The summed E-state index contributed by atoms with van der Waals surface area (Å²) < 4.78 is 78.2. The van der Waals surface area contributed by atoms with E-state index in [4.69, 9.17) is 0 Å². The molecule has 11 heteroatoms. The molecule has 0 radical (unpaired) electrons. The molecule has 0 atom stereocenters. The van der Waals surface area contributed by atoms with E-state index in [-0.39, 0.29) is 17.7 Å². The first kappa shape index (κ1) is 24.0. The number of halogens is 6. The predicted molar refractivity (Wildman–Crippen MR) is 106 cm³/mol. The maximum absolute atomic E-state index is 12.9. The summed E-state index contributed by atoms with van der Waals surface area (Å²) in [6, 6.07) is 7.81. The molecule has 0 spiro atoms. The fraction of sp³-hybridized carbons (Fsp3) is 0.227. The van der Waals surface area contributed by atoms with Gasteiger partial charge in [0.25, 0.3) is 5.56 Å². The molecule has 5 nitrogen and oxygen atoms in total. The van der Waals surface area contributed by atoms with Crippen molar-refractivity contribution in [3.8, 4) is 0 Å². The molecule has 0 aliphatic carbocycles. The van der Waals surface area contributed by atoms with Crippen LogP contribution in [0.4, 0.5) is 26.3 Å². The first-order valence-electron chi connectivity index (χ1n) is 9.45. The highest BCUT2D eigenvalue weighted by atomic mass is 19.4. The maximum atomic E-state index is 12.9. The molecule has 2 aromatic carbocycles. The highest BCUT2D eigenvalue weighted by Crippen LogP contribution is 2.30. The highest BCUT2D eigenvalue weighted by Gasteiger charge is 2.30. The Morgan fingerprint density at radius 1 is 0.758 bits per heavy atom. The van der Waals surface area contributed by atoms with Crippen LogP contribution in [0.3, 0.4) is 0 Å². The van der Waals surface area contributed by atoms with Gasteiger partial charge >= 0.3 is 18.0 Å². The van der Waals surface area contributed by atoms with Crippen molar-refractivity contribution in [3.05, 3.63) is 103 Å². The van der Waals surface area contributed by atoms with Crippen LogP contribution in [0.5, 0.6) is 0 Å². The number of benzene rings is 2. The third-order valence-corrected chi connectivity index (χ3v) is 4.87. The van der Waals surface area contributed by atoms with Crippen LogP contribution in [0, 0.1) is 0 Å². The third kappa shape index (κ3) is 5.41. The molecule has 0 bridgehead atoms. The lowest BCUT2D eigenvalue weighted by atomic mass is 10.1. The minimum Gasteiger partial charge on any atom is -0.295 e. The van der Waals surface area contributed by atoms with Crippen LogP contribution < -0.4 is 11.2 Å². The lowest BCUT2D eigenvalue weighted by Crippen LogP contribution is -2.42. The van der Waals surface area contributed by atoms with Gasteiger partial charge in [-0.3, -0.25) is 18.7 Å². The van der Waals surface area contributed by atoms with Crippen LogP contribution in [0.25, 0.3) is 0 Å². The normalized spacial score (nSPS) is 12.1. The van der Waals surface area contributed by atoms with Crippen molar-refractivity contribution < 1.29 is 31.1 Å². The fourth-order valence-electron chi connectivity index (χ4n) is 3.13. The largest absolute Gasteiger partial charge is 0.416 e. The molecule has 3 rings (SSSR count). The fourth-order valence-corrected chi connectivity index (χ4v) is 3.13. The van der Waals surface area contributed by atoms with E-state index >= 15 is 0 Å². The van der Waals surface area contributed by atoms with E-state index in [0.717, 1.165) is 66.2 Å². The monoisotopic (exact) mass is 470 g/mol. The van der Waals surface area contributed by atoms with Gasteiger partial charge in [-0.2, -0.15) is 26.3 Å². The SMILES string of the molecule is CC(=O)c1cn(Cc2ccc(C(F)(F)F)cc2)c(=O)n(Cc2ccc(C(F)(F)F)cc2)c1=O. The molecule has 1 heterocycles. The summed E-state index contributed by atoms with van der Waals surface area (Å²) in [5, 5.41) is 0. The molecular weight excluding hydrogens is 454 g/mol. The van der Waals surface area contributed by atoms with Crippen molar-refractivity contribution in [2.45, 2.75) is 32.4 Å². The number of Topliss-reactive ketones (excluding diaryl/α,β-unsaturated/α-hetero) is 1. The smallest absolute Gasteiger partial charge is 0.295 e. The lowest BCUT2D eigenvalue weighted by Gasteiger charge is -2.14. The second kappa shape index (κ2) is 8.72. The Hall–Kier alpha value is -3.63. The number of ketones is 1. The van der Waals surface area contributed by atoms with Crippen LogP contribution in [0.2, 0.25) is 0 Å². The average Bonchev–Trinajstić information content (AvgIpc) is 2.72. The summed E-state index contributed by atoms with van der Waals surface area (Å²) in [5.41, 5.74) is -3.40. The molecule has 0 amide bonds. The van der Waals surface area contributed by atoms with Crippen LogP contribution in [-0.2, 0) is 25.4 Å². The standard InChI is InChI=1S/C22H16F6N2O3/c1-13(31)18-12-29(10-14-2-6-16(7-3-14)21(23,24)25)20(33)30(19(18)32)11-15-4-8-17(9-5-15)22(26,27)28/h2-9,12H,10-11H2,1H3. The van der Waals surface area contributed by atoms with Crippen molar-refractivity contribution >= 4 is 5.78 Å². The number of hydrogen-bond donors (Lipinski definition) is 0. The predicted octanol–water partition coefficient (Wildman–Crippen LogP) is 4.35. The lowest BCUT2D eigenvalue weighted by molar-refractivity contribution is -0.138. The van der Waals surface area contributed by atoms with Gasteiger partial charge in [-0.15, -0.1) is 0 Å². The number of rotatable bonds is 5. The zero-order valence-corrected chi connectivity index (χ0v) is 17.0. The molecule has 0 saturated carbocycles. The van der Waals surface area contributed by atoms with E-state index in [1.807, 2.05) is 0 Å². The van der Waals surface area contributed by atoms with Crippen molar-refractivity contribution in [1.29, 1.82) is 0 Å². The molecule has 3 aromatic rings. The second-order valence-corrected chi connectivity index (χ2v) is 7.29. The minimum absolute atomic E-state index is 0.212. The Balaban J connectivity index is 2.00. The number of alkyl halides is 6. The number of aromatic nitrogens is 2. The molecule has 174 valence electrons. The Kier molecular flexibility index (Phi) is 6.35. The highest BCUT2D eigenvalue weighted by molar-refractivity contribution is 5.93. The first-order chi connectivity index (χ1) is 15.3. The minimum atomic E-state index is -4.56. The van der Waals surface area contributed by atoms with Crippen LogP contribution in [0.15, 0.2) is 64.3 Å². The molecule has 33 heavy (non-hydrogen) atoms. The van der Waals surface area contributed by atoms with E-state index in [2.05, 4.69) is 0 Å². The topological polar surface area (TPSA) is 61.1 Å². The van der Waals surface area contributed by atoms with E-state index in [1.54, 1.807) is 0 Å². The quantitative estimate of drug-likeness (QED) is 0.412. The molecule has 0 saturated heterocycles. The van der Waals surface area contributed by atoms with Gasteiger partial charge in [-0.1, -0.05) is 24.3 Å². The number of nitrogens with zero attached hydrogens (tertiary/aromatic N) is 2. The third-order valence-electron chi connectivity index (χ3n) is 4.87. The summed E-state index contributed by atoms with van der Waals surface area (Å²) in [7, 11) is 0. The van der Waals surface area contributed by atoms with Gasteiger partial charge in [0, 0.05) is 6.20 Å². The summed E-state index contributed by atoms with van der Waals surface area (Å²) in [6.07, 6.45) is -8.07. The molecule has 0 aliphatic heterocycles. The molecule has 0 aliphatic rings. The number of carbonyl (C=O) groups is 1. The van der Waals surface area contributed by atoms with E-state index < -0.39 is 47.1 Å². The average molecular weight is 470 g/mol. The van der Waals surface area contributed by atoms with Gasteiger partial charge in [0.15, 0.2) is 5.78 Å². The van der Waals surface area contributed by atoms with E-state index in [9.17, 15) is 40.7 Å². The van der Waals surface area contributed by atoms with Gasteiger partial charge in [-0.25, -0.2) is 4.79 Å². The van der Waals surface area contributed by atoms with Gasteiger partial charge in [-0.05, 0) is 42.3 Å². The van der Waals surface area contributed by atoms with Crippen molar-refractivity contribution in [3.63, 3.8) is 0 Å². The molecule has 0 unspecified atom stereocenters. The van der Waals surface area contributed by atoms with Crippen LogP contribution in [0.1, 0.15) is 39.5 Å². The van der Waals surface area contributed by atoms with Crippen molar-refractivity contribution in [2.24, 2.45) is 0 Å². The number of hydrogen-bond acceptors (Lipinski definition) is 3. The Bertz CT molecular complexity index is 1280. The first-order valence-corrected chi connectivity index (χ1v) is 9.45. The molecular formula is C22H16F6N2O3. The van der Waals surface area contributed by atoms with E-state index in [1.165, 1.54) is 0 Å².